The van der Waals surface area contributed by atoms with Crippen LogP contribution in [0.1, 0.15) is 43.2 Å². The number of hydrogen-bond acceptors (Lipinski definition) is 4. The van der Waals surface area contributed by atoms with Crippen molar-refractivity contribution in [1.29, 1.82) is 0 Å². The van der Waals surface area contributed by atoms with Crippen molar-refractivity contribution < 1.29 is 14.3 Å². The van der Waals surface area contributed by atoms with Crippen molar-refractivity contribution in [3.8, 4) is 0 Å². The van der Waals surface area contributed by atoms with Crippen molar-refractivity contribution in [2.24, 2.45) is 5.92 Å². The Hall–Kier alpha value is -2.44. The number of aliphatic hydroxyl groups is 1. The maximum Gasteiger partial charge on any atom is 0.230 e. The van der Waals surface area contributed by atoms with Crippen LogP contribution in [0.4, 0.5) is 15.8 Å². The zero-order valence-electron chi connectivity index (χ0n) is 19.5. The molecule has 0 aromatic heterocycles. The number of piperazine rings is 1. The van der Waals surface area contributed by atoms with Gasteiger partial charge in [-0.1, -0.05) is 31.0 Å². The molecule has 1 amide bonds. The third kappa shape index (κ3) is 4.38. The number of amides is 1. The summed E-state index contributed by atoms with van der Waals surface area (Å²) < 4.78 is 14.9. The van der Waals surface area contributed by atoms with Crippen molar-refractivity contribution >= 4 is 17.3 Å². The number of hydrogen-bond donors (Lipinski definition) is 1. The van der Waals surface area contributed by atoms with Crippen molar-refractivity contribution in [3.05, 3.63) is 59.4 Å². The molecule has 6 heteroatoms. The zero-order valence-corrected chi connectivity index (χ0v) is 19.5. The van der Waals surface area contributed by atoms with Crippen molar-refractivity contribution in [2.75, 3.05) is 49.6 Å². The van der Waals surface area contributed by atoms with E-state index in [0.717, 1.165) is 75.2 Å². The van der Waals surface area contributed by atoms with E-state index in [4.69, 9.17) is 0 Å². The number of halogens is 1. The molecule has 3 aliphatic rings. The van der Waals surface area contributed by atoms with Gasteiger partial charge in [-0.25, -0.2) is 4.39 Å². The standard InChI is InChI=1S/C27H34FN3O2/c1-29-15-17-30(18-16-29)25-6-4-5-24(28)23(25)19-20-11-14-31(26(20)32)22-9-7-21(8-10-22)27(33)12-2-3-13-27/h4-10,20,33H,2-3,11-19H2,1H3/t20-/m1/s1. The Morgan fingerprint density at radius 1 is 1.00 bits per heavy atom. The second-order valence-corrected chi connectivity index (χ2v) is 9.99. The van der Waals surface area contributed by atoms with E-state index in [1.54, 1.807) is 6.07 Å². The Labute approximate surface area is 195 Å². The molecule has 2 aromatic carbocycles. The maximum absolute atomic E-state index is 14.9. The van der Waals surface area contributed by atoms with Crippen LogP contribution in [-0.2, 0) is 16.8 Å². The fraction of sp³-hybridized carbons (Fsp3) is 0.519. The number of carbonyl (C=O) groups is 1. The van der Waals surface area contributed by atoms with E-state index in [-0.39, 0.29) is 17.6 Å². The predicted molar refractivity (Wildman–Crippen MR) is 129 cm³/mol. The largest absolute Gasteiger partial charge is 0.385 e. The molecule has 2 heterocycles. The fourth-order valence-corrected chi connectivity index (χ4v) is 5.72. The summed E-state index contributed by atoms with van der Waals surface area (Å²) in [5.74, 6) is -0.367. The summed E-state index contributed by atoms with van der Waals surface area (Å²) >= 11 is 0. The summed E-state index contributed by atoms with van der Waals surface area (Å²) in [4.78, 5) is 19.6. The molecule has 0 radical (unpaired) electrons. The van der Waals surface area contributed by atoms with Crippen LogP contribution in [0.2, 0.25) is 0 Å². The highest BCUT2D eigenvalue weighted by Gasteiger charge is 2.36. The molecule has 1 atom stereocenters. The van der Waals surface area contributed by atoms with Crippen LogP contribution in [0, 0.1) is 11.7 Å². The lowest BCUT2D eigenvalue weighted by Crippen LogP contribution is -2.45. The average molecular weight is 452 g/mol. The molecule has 3 fully saturated rings. The Bertz CT molecular complexity index is 995. The molecule has 1 N–H and O–H groups in total. The monoisotopic (exact) mass is 451 g/mol. The van der Waals surface area contributed by atoms with Gasteiger partial charge in [0.25, 0.3) is 0 Å². The molecule has 0 bridgehead atoms. The lowest BCUT2D eigenvalue weighted by Gasteiger charge is -2.35. The summed E-state index contributed by atoms with van der Waals surface area (Å²) in [6.45, 7) is 4.30. The SMILES string of the molecule is CN1CCN(c2cccc(F)c2C[C@H]2CCN(c3ccc(C4(O)CCCC4)cc3)C2=O)CC1. The van der Waals surface area contributed by atoms with Gasteiger partial charge in [-0.2, -0.15) is 0 Å². The van der Waals surface area contributed by atoms with E-state index in [1.165, 1.54) is 6.07 Å². The van der Waals surface area contributed by atoms with E-state index in [2.05, 4.69) is 16.8 Å². The minimum atomic E-state index is -0.722. The van der Waals surface area contributed by atoms with Crippen LogP contribution < -0.4 is 9.80 Å². The van der Waals surface area contributed by atoms with E-state index >= 15 is 0 Å². The second-order valence-electron chi connectivity index (χ2n) is 9.99. The van der Waals surface area contributed by atoms with Gasteiger partial charge in [0.05, 0.1) is 5.60 Å². The summed E-state index contributed by atoms with van der Waals surface area (Å²) in [5, 5.41) is 10.8. The first kappa shape index (κ1) is 22.4. The molecule has 2 aliphatic heterocycles. The molecule has 0 spiro atoms. The summed E-state index contributed by atoms with van der Waals surface area (Å²) in [6, 6.07) is 13.1. The highest BCUT2D eigenvalue weighted by molar-refractivity contribution is 5.97. The van der Waals surface area contributed by atoms with E-state index < -0.39 is 5.60 Å². The van der Waals surface area contributed by atoms with Gasteiger partial charge in [0.15, 0.2) is 0 Å². The molecular weight excluding hydrogens is 417 g/mol. The van der Waals surface area contributed by atoms with Gasteiger partial charge in [0.1, 0.15) is 5.82 Å². The third-order valence-electron chi connectivity index (χ3n) is 7.85. The van der Waals surface area contributed by atoms with E-state index in [1.807, 2.05) is 35.2 Å². The van der Waals surface area contributed by atoms with Crippen LogP contribution in [0.3, 0.4) is 0 Å². The lowest BCUT2D eigenvalue weighted by atomic mass is 9.92. The highest BCUT2D eigenvalue weighted by atomic mass is 19.1. The Morgan fingerprint density at radius 3 is 2.39 bits per heavy atom. The number of anilines is 2. The van der Waals surface area contributed by atoms with Crippen molar-refractivity contribution in [3.63, 3.8) is 0 Å². The molecule has 176 valence electrons. The molecule has 2 saturated heterocycles. The normalized spacial score (nSPS) is 23.5. The van der Waals surface area contributed by atoms with Gasteiger partial charge in [0, 0.05) is 55.6 Å². The average Bonchev–Trinajstić information content (AvgIpc) is 3.42. The van der Waals surface area contributed by atoms with Gasteiger partial charge in [-0.05, 0) is 62.6 Å². The molecule has 5 nitrogen and oxygen atoms in total. The van der Waals surface area contributed by atoms with Crippen molar-refractivity contribution in [1.82, 2.24) is 4.90 Å². The van der Waals surface area contributed by atoms with Crippen LogP contribution in [-0.4, -0.2) is 55.7 Å². The summed E-state index contributed by atoms with van der Waals surface area (Å²) in [7, 11) is 2.11. The van der Waals surface area contributed by atoms with Crippen LogP contribution in [0.15, 0.2) is 42.5 Å². The Kier molecular flexibility index (Phi) is 6.14. The van der Waals surface area contributed by atoms with Crippen LogP contribution in [0.25, 0.3) is 0 Å². The van der Waals surface area contributed by atoms with Gasteiger partial charge >= 0.3 is 0 Å². The second kappa shape index (κ2) is 9.07. The molecule has 2 aromatic rings. The first-order valence-corrected chi connectivity index (χ1v) is 12.3. The first-order valence-electron chi connectivity index (χ1n) is 12.3. The Balaban J connectivity index is 1.30. The molecule has 1 aliphatic carbocycles. The zero-order chi connectivity index (χ0) is 23.0. The number of carbonyl (C=O) groups excluding carboxylic acids is 1. The van der Waals surface area contributed by atoms with Gasteiger partial charge in [0.2, 0.25) is 5.91 Å². The number of nitrogens with zero attached hydrogens (tertiary/aromatic N) is 3. The molecule has 5 rings (SSSR count). The Morgan fingerprint density at radius 2 is 1.70 bits per heavy atom. The quantitative estimate of drug-likeness (QED) is 0.748. The van der Waals surface area contributed by atoms with Crippen LogP contribution in [0.5, 0.6) is 0 Å². The van der Waals surface area contributed by atoms with E-state index in [9.17, 15) is 14.3 Å². The predicted octanol–water partition coefficient (Wildman–Crippen LogP) is 3.93. The summed E-state index contributed by atoms with van der Waals surface area (Å²) in [5.41, 5.74) is 2.68. The van der Waals surface area contributed by atoms with E-state index in [0.29, 0.717) is 18.5 Å². The van der Waals surface area contributed by atoms with Gasteiger partial charge < -0.3 is 19.8 Å². The molecule has 0 unspecified atom stereocenters. The summed E-state index contributed by atoms with van der Waals surface area (Å²) in [6.07, 6.45) is 4.86. The number of rotatable bonds is 5. The first-order chi connectivity index (χ1) is 15.9. The minimum Gasteiger partial charge on any atom is -0.385 e. The number of likely N-dealkylation sites (N-methyl/N-ethyl adjacent to an activating group) is 1. The lowest BCUT2D eigenvalue weighted by molar-refractivity contribution is -0.120. The van der Waals surface area contributed by atoms with Gasteiger partial charge in [-0.3, -0.25) is 4.79 Å². The highest BCUT2D eigenvalue weighted by Crippen LogP contribution is 2.39. The minimum absolute atomic E-state index is 0.0647. The fourth-order valence-electron chi connectivity index (χ4n) is 5.72. The molecule has 1 saturated carbocycles. The smallest absolute Gasteiger partial charge is 0.230 e. The maximum atomic E-state index is 14.9. The van der Waals surface area contributed by atoms with Crippen LogP contribution >= 0.6 is 0 Å². The van der Waals surface area contributed by atoms with Crippen molar-refractivity contribution in [2.45, 2.75) is 44.1 Å². The van der Waals surface area contributed by atoms with Gasteiger partial charge in [-0.15, -0.1) is 0 Å². The molecular formula is C27H34FN3O2. The third-order valence-corrected chi connectivity index (χ3v) is 7.85. The number of benzene rings is 2. The molecule has 33 heavy (non-hydrogen) atoms. The topological polar surface area (TPSA) is 47.0 Å².